The molecule has 0 spiro atoms. The van der Waals surface area contributed by atoms with Crippen LogP contribution in [-0.2, 0) is 6.42 Å². The molecular formula is C14H23ClN4. The van der Waals surface area contributed by atoms with Gasteiger partial charge in [-0.05, 0) is 30.4 Å². The van der Waals surface area contributed by atoms with Crippen molar-refractivity contribution in [1.82, 2.24) is 15.6 Å². The molecule has 0 aliphatic carbocycles. The van der Waals surface area contributed by atoms with E-state index in [0.29, 0.717) is 11.1 Å². The van der Waals surface area contributed by atoms with Crippen molar-refractivity contribution in [2.24, 2.45) is 10.9 Å². The molecule has 0 radical (unpaired) electrons. The lowest BCUT2D eigenvalue weighted by molar-refractivity contribution is 0.573. The predicted octanol–water partition coefficient (Wildman–Crippen LogP) is 2.49. The van der Waals surface area contributed by atoms with E-state index < -0.39 is 0 Å². The van der Waals surface area contributed by atoms with Crippen LogP contribution >= 0.6 is 11.6 Å². The zero-order valence-corrected chi connectivity index (χ0v) is 12.7. The third-order valence-electron chi connectivity index (χ3n) is 2.73. The van der Waals surface area contributed by atoms with Crippen molar-refractivity contribution in [1.29, 1.82) is 0 Å². The summed E-state index contributed by atoms with van der Waals surface area (Å²) in [6, 6.07) is 3.80. The first kappa shape index (κ1) is 15.8. The first-order valence-corrected chi connectivity index (χ1v) is 7.04. The van der Waals surface area contributed by atoms with Crippen LogP contribution < -0.4 is 10.6 Å². The number of rotatable bonds is 6. The van der Waals surface area contributed by atoms with Crippen molar-refractivity contribution in [3.8, 4) is 0 Å². The fourth-order valence-corrected chi connectivity index (χ4v) is 1.69. The van der Waals surface area contributed by atoms with Gasteiger partial charge in [0.15, 0.2) is 5.96 Å². The molecule has 1 rings (SSSR count). The maximum Gasteiger partial charge on any atom is 0.190 e. The third kappa shape index (κ3) is 7.01. The van der Waals surface area contributed by atoms with E-state index in [2.05, 4.69) is 34.5 Å². The van der Waals surface area contributed by atoms with E-state index in [9.17, 15) is 0 Å². The molecular weight excluding hydrogens is 260 g/mol. The van der Waals surface area contributed by atoms with Crippen LogP contribution in [0.25, 0.3) is 0 Å². The predicted molar refractivity (Wildman–Crippen MR) is 81.8 cm³/mol. The second-order valence-electron chi connectivity index (χ2n) is 4.85. The fraction of sp³-hybridized carbons (Fsp3) is 0.571. The first-order chi connectivity index (χ1) is 9.11. The summed E-state index contributed by atoms with van der Waals surface area (Å²) in [5.74, 6) is 1.55. The van der Waals surface area contributed by atoms with Crippen molar-refractivity contribution in [2.75, 3.05) is 20.1 Å². The summed E-state index contributed by atoms with van der Waals surface area (Å²) in [7, 11) is 1.79. The zero-order chi connectivity index (χ0) is 14.1. The Balaban J connectivity index is 2.24. The van der Waals surface area contributed by atoms with Crippen LogP contribution in [0.4, 0.5) is 0 Å². The fourth-order valence-electron chi connectivity index (χ4n) is 1.58. The van der Waals surface area contributed by atoms with E-state index in [4.69, 9.17) is 11.6 Å². The van der Waals surface area contributed by atoms with Gasteiger partial charge in [-0.1, -0.05) is 31.5 Å². The van der Waals surface area contributed by atoms with E-state index in [-0.39, 0.29) is 0 Å². The maximum absolute atomic E-state index is 5.75. The normalized spacial score (nSPS) is 11.7. The Morgan fingerprint density at radius 2 is 2.05 bits per heavy atom. The van der Waals surface area contributed by atoms with Crippen LogP contribution in [0.5, 0.6) is 0 Å². The Labute approximate surface area is 120 Å². The molecule has 0 unspecified atom stereocenters. The Bertz CT molecular complexity index is 387. The monoisotopic (exact) mass is 282 g/mol. The Morgan fingerprint density at radius 1 is 1.32 bits per heavy atom. The maximum atomic E-state index is 5.75. The highest BCUT2D eigenvalue weighted by Gasteiger charge is 1.99. The lowest BCUT2D eigenvalue weighted by Crippen LogP contribution is -2.39. The molecule has 0 aliphatic rings. The zero-order valence-electron chi connectivity index (χ0n) is 11.9. The molecule has 0 fully saturated rings. The largest absolute Gasteiger partial charge is 0.356 e. The smallest absolute Gasteiger partial charge is 0.190 e. The molecule has 1 aromatic rings. The number of hydrogen-bond donors (Lipinski definition) is 2. The lowest BCUT2D eigenvalue weighted by atomic mass is 10.1. The highest BCUT2D eigenvalue weighted by molar-refractivity contribution is 6.29. The highest BCUT2D eigenvalue weighted by atomic mass is 35.5. The molecule has 19 heavy (non-hydrogen) atoms. The van der Waals surface area contributed by atoms with E-state index in [1.165, 1.54) is 0 Å². The van der Waals surface area contributed by atoms with Crippen LogP contribution in [0.15, 0.2) is 23.3 Å². The topological polar surface area (TPSA) is 49.3 Å². The molecule has 1 aromatic heterocycles. The first-order valence-electron chi connectivity index (χ1n) is 6.66. The standard InChI is InChI=1S/C14H23ClN4/c1-11(2)6-8-17-14(16-3)18-9-7-12-4-5-13(15)19-10-12/h4-5,10-11H,6-9H2,1-3H3,(H2,16,17,18). The molecule has 0 saturated heterocycles. The van der Waals surface area contributed by atoms with Gasteiger partial charge >= 0.3 is 0 Å². The van der Waals surface area contributed by atoms with Crippen molar-refractivity contribution < 1.29 is 0 Å². The number of halogens is 1. The van der Waals surface area contributed by atoms with Crippen LogP contribution in [0.3, 0.4) is 0 Å². The second-order valence-corrected chi connectivity index (χ2v) is 5.23. The van der Waals surface area contributed by atoms with Gasteiger partial charge in [-0.25, -0.2) is 4.98 Å². The molecule has 5 heteroatoms. The molecule has 2 N–H and O–H groups in total. The Morgan fingerprint density at radius 3 is 2.63 bits per heavy atom. The van der Waals surface area contributed by atoms with E-state index >= 15 is 0 Å². The minimum Gasteiger partial charge on any atom is -0.356 e. The molecule has 0 atom stereocenters. The second kappa shape index (κ2) is 8.75. The van der Waals surface area contributed by atoms with Crippen LogP contribution in [0, 0.1) is 5.92 Å². The average Bonchev–Trinajstić information content (AvgIpc) is 2.39. The van der Waals surface area contributed by atoms with Crippen LogP contribution in [0.1, 0.15) is 25.8 Å². The summed E-state index contributed by atoms with van der Waals surface area (Å²) >= 11 is 5.75. The van der Waals surface area contributed by atoms with Gasteiger partial charge in [0.25, 0.3) is 0 Å². The number of nitrogens with zero attached hydrogens (tertiary/aromatic N) is 2. The molecule has 0 aromatic carbocycles. The summed E-state index contributed by atoms with van der Waals surface area (Å²) in [6.45, 7) is 6.20. The van der Waals surface area contributed by atoms with Gasteiger partial charge in [-0.15, -0.1) is 0 Å². The number of pyridine rings is 1. The summed E-state index contributed by atoms with van der Waals surface area (Å²) in [6.07, 6.45) is 3.84. The van der Waals surface area contributed by atoms with Gasteiger partial charge in [-0.3, -0.25) is 4.99 Å². The number of aromatic nitrogens is 1. The molecule has 0 aliphatic heterocycles. The van der Waals surface area contributed by atoms with Gasteiger partial charge in [-0.2, -0.15) is 0 Å². The summed E-state index contributed by atoms with van der Waals surface area (Å²) in [5, 5.41) is 7.11. The number of hydrogen-bond acceptors (Lipinski definition) is 2. The summed E-state index contributed by atoms with van der Waals surface area (Å²) < 4.78 is 0. The lowest BCUT2D eigenvalue weighted by Gasteiger charge is -2.12. The summed E-state index contributed by atoms with van der Waals surface area (Å²) in [5.41, 5.74) is 1.16. The van der Waals surface area contributed by atoms with Crippen LogP contribution in [0.2, 0.25) is 5.15 Å². The quantitative estimate of drug-likeness (QED) is 0.479. The molecule has 1 heterocycles. The van der Waals surface area contributed by atoms with Crippen molar-refractivity contribution in [3.05, 3.63) is 29.0 Å². The van der Waals surface area contributed by atoms with E-state index in [1.54, 1.807) is 13.2 Å². The Kier molecular flexibility index (Phi) is 7.26. The minimum atomic E-state index is 0.530. The van der Waals surface area contributed by atoms with E-state index in [0.717, 1.165) is 37.5 Å². The van der Waals surface area contributed by atoms with E-state index in [1.807, 2.05) is 12.1 Å². The number of nitrogens with one attached hydrogen (secondary N) is 2. The van der Waals surface area contributed by atoms with Gasteiger partial charge in [0.2, 0.25) is 0 Å². The number of guanidine groups is 1. The van der Waals surface area contributed by atoms with Crippen LogP contribution in [-0.4, -0.2) is 31.1 Å². The van der Waals surface area contributed by atoms with Gasteiger partial charge < -0.3 is 10.6 Å². The van der Waals surface area contributed by atoms with Crippen molar-refractivity contribution in [3.63, 3.8) is 0 Å². The summed E-state index contributed by atoms with van der Waals surface area (Å²) in [4.78, 5) is 8.25. The SMILES string of the molecule is CN=C(NCCc1ccc(Cl)nc1)NCCC(C)C. The molecule has 0 amide bonds. The molecule has 0 bridgehead atoms. The molecule has 4 nitrogen and oxygen atoms in total. The van der Waals surface area contributed by atoms with Gasteiger partial charge in [0, 0.05) is 26.3 Å². The molecule has 0 saturated carbocycles. The minimum absolute atomic E-state index is 0.530. The molecule has 106 valence electrons. The highest BCUT2D eigenvalue weighted by Crippen LogP contribution is 2.05. The Hall–Kier alpha value is -1.29. The van der Waals surface area contributed by atoms with Crippen molar-refractivity contribution >= 4 is 17.6 Å². The third-order valence-corrected chi connectivity index (χ3v) is 2.96. The van der Waals surface area contributed by atoms with Gasteiger partial charge in [0.1, 0.15) is 5.15 Å². The number of aliphatic imine (C=N–C) groups is 1. The van der Waals surface area contributed by atoms with Crippen molar-refractivity contribution in [2.45, 2.75) is 26.7 Å². The van der Waals surface area contributed by atoms with Gasteiger partial charge in [0.05, 0.1) is 0 Å². The average molecular weight is 283 g/mol.